The molecular weight excluding hydrogens is 352 g/mol. The van der Waals surface area contributed by atoms with Gasteiger partial charge >= 0.3 is 0 Å². The summed E-state index contributed by atoms with van der Waals surface area (Å²) in [5, 5.41) is 5.47. The highest BCUT2D eigenvalue weighted by molar-refractivity contribution is 7.09. The van der Waals surface area contributed by atoms with Gasteiger partial charge in [-0.25, -0.2) is 0 Å². The van der Waals surface area contributed by atoms with Gasteiger partial charge in [-0.3, -0.25) is 9.69 Å². The van der Waals surface area contributed by atoms with Gasteiger partial charge in [0.1, 0.15) is 0 Å². The second kappa shape index (κ2) is 7.40. The van der Waals surface area contributed by atoms with Crippen molar-refractivity contribution in [1.82, 2.24) is 10.2 Å². The number of benzene rings is 1. The van der Waals surface area contributed by atoms with Crippen molar-refractivity contribution >= 4 is 17.2 Å². The highest BCUT2D eigenvalue weighted by Crippen LogP contribution is 2.37. The van der Waals surface area contributed by atoms with E-state index in [0.717, 1.165) is 24.9 Å². The van der Waals surface area contributed by atoms with Crippen LogP contribution in [-0.4, -0.2) is 28.9 Å². The van der Waals surface area contributed by atoms with Crippen molar-refractivity contribution < 1.29 is 4.79 Å². The summed E-state index contributed by atoms with van der Waals surface area (Å²) in [5.74, 6) is 0.0755. The standard InChI is InChI=1S/C23H30N2OS/c1-23(2,3)17-8-6-16(7-9-17)22(26)24-18-13-19-10-11-20(14-18)25(19)15-21-5-4-12-27-21/h4-9,12,18-20H,10-11,13-15H2,1-3H3,(H,24,26)/t19-,20-/m1/s1. The highest BCUT2D eigenvalue weighted by atomic mass is 32.1. The first-order valence-corrected chi connectivity index (χ1v) is 11.0. The lowest BCUT2D eigenvalue weighted by atomic mass is 9.86. The zero-order valence-corrected chi connectivity index (χ0v) is 17.4. The van der Waals surface area contributed by atoms with Gasteiger partial charge < -0.3 is 5.32 Å². The summed E-state index contributed by atoms with van der Waals surface area (Å²) in [6.45, 7) is 7.66. The molecule has 0 saturated carbocycles. The van der Waals surface area contributed by atoms with Gasteiger partial charge in [-0.2, -0.15) is 0 Å². The monoisotopic (exact) mass is 382 g/mol. The third-order valence-corrected chi connectivity index (χ3v) is 7.01. The first kappa shape index (κ1) is 18.7. The Morgan fingerprint density at radius 1 is 1.11 bits per heavy atom. The number of rotatable bonds is 4. The van der Waals surface area contributed by atoms with E-state index in [1.54, 1.807) is 0 Å². The summed E-state index contributed by atoms with van der Waals surface area (Å²) in [6, 6.07) is 14.0. The third kappa shape index (κ3) is 4.12. The maximum Gasteiger partial charge on any atom is 0.251 e. The van der Waals surface area contributed by atoms with Crippen molar-refractivity contribution in [2.75, 3.05) is 0 Å². The van der Waals surface area contributed by atoms with E-state index >= 15 is 0 Å². The summed E-state index contributed by atoms with van der Waals surface area (Å²) in [6.07, 6.45) is 4.69. The van der Waals surface area contributed by atoms with Crippen LogP contribution in [0.15, 0.2) is 41.8 Å². The van der Waals surface area contributed by atoms with Crippen molar-refractivity contribution in [3.8, 4) is 0 Å². The Kier molecular flexibility index (Phi) is 5.13. The molecule has 1 amide bonds. The van der Waals surface area contributed by atoms with Crippen LogP contribution in [0.3, 0.4) is 0 Å². The van der Waals surface area contributed by atoms with Crippen molar-refractivity contribution in [1.29, 1.82) is 0 Å². The number of fused-ring (bicyclic) bond motifs is 2. The van der Waals surface area contributed by atoms with Gasteiger partial charge in [-0.15, -0.1) is 11.3 Å². The van der Waals surface area contributed by atoms with E-state index in [-0.39, 0.29) is 11.3 Å². The number of hydrogen-bond acceptors (Lipinski definition) is 3. The minimum Gasteiger partial charge on any atom is -0.349 e. The molecule has 2 bridgehead atoms. The van der Waals surface area contributed by atoms with Crippen molar-refractivity contribution in [3.63, 3.8) is 0 Å². The third-order valence-electron chi connectivity index (χ3n) is 6.15. The van der Waals surface area contributed by atoms with Crippen LogP contribution in [0.2, 0.25) is 0 Å². The van der Waals surface area contributed by atoms with E-state index in [1.807, 2.05) is 23.5 Å². The molecule has 3 nitrogen and oxygen atoms in total. The SMILES string of the molecule is CC(C)(C)c1ccc(C(=O)NC2C[C@H]3CC[C@H](C2)N3Cc2cccs2)cc1. The number of carbonyl (C=O) groups excluding carboxylic acids is 1. The molecule has 2 atom stereocenters. The van der Waals surface area contributed by atoms with E-state index in [9.17, 15) is 4.79 Å². The fourth-order valence-corrected chi connectivity index (χ4v) is 5.34. The molecule has 27 heavy (non-hydrogen) atoms. The van der Waals surface area contributed by atoms with Crippen LogP contribution in [-0.2, 0) is 12.0 Å². The molecule has 2 saturated heterocycles. The molecule has 4 heteroatoms. The smallest absolute Gasteiger partial charge is 0.251 e. The van der Waals surface area contributed by atoms with Crippen LogP contribution in [0.1, 0.15) is 67.3 Å². The summed E-state index contributed by atoms with van der Waals surface area (Å²) < 4.78 is 0. The summed E-state index contributed by atoms with van der Waals surface area (Å²) >= 11 is 1.85. The number of nitrogens with zero attached hydrogens (tertiary/aromatic N) is 1. The number of carbonyl (C=O) groups is 1. The average molecular weight is 383 g/mol. The van der Waals surface area contributed by atoms with E-state index in [1.165, 1.54) is 23.3 Å². The van der Waals surface area contributed by atoms with Crippen LogP contribution in [0.5, 0.6) is 0 Å². The van der Waals surface area contributed by atoms with Crippen molar-refractivity contribution in [3.05, 3.63) is 57.8 Å². The second-order valence-electron chi connectivity index (χ2n) is 9.11. The molecule has 2 aliphatic rings. The van der Waals surface area contributed by atoms with E-state index < -0.39 is 0 Å². The summed E-state index contributed by atoms with van der Waals surface area (Å²) in [4.78, 5) is 16.8. The molecule has 2 fully saturated rings. The maximum absolute atomic E-state index is 12.7. The van der Waals surface area contributed by atoms with Crippen molar-refractivity contribution in [2.45, 2.75) is 76.5 Å². The Morgan fingerprint density at radius 3 is 2.33 bits per heavy atom. The Hall–Kier alpha value is -1.65. The fraction of sp³-hybridized carbons (Fsp3) is 0.522. The summed E-state index contributed by atoms with van der Waals surface area (Å²) in [5.41, 5.74) is 2.15. The lowest BCUT2D eigenvalue weighted by Crippen LogP contribution is -2.49. The van der Waals surface area contributed by atoms with Crippen LogP contribution < -0.4 is 5.32 Å². The molecule has 3 heterocycles. The molecule has 2 aromatic rings. The maximum atomic E-state index is 12.7. The molecule has 0 unspecified atom stereocenters. The Labute approximate surface area is 166 Å². The molecule has 1 aromatic heterocycles. The number of nitrogens with one attached hydrogen (secondary N) is 1. The Bertz CT molecular complexity index is 762. The first-order chi connectivity index (χ1) is 12.9. The van der Waals surface area contributed by atoms with E-state index in [4.69, 9.17) is 0 Å². The minimum absolute atomic E-state index is 0.0755. The van der Waals surface area contributed by atoms with Gasteiger partial charge in [-0.1, -0.05) is 39.0 Å². The lowest BCUT2D eigenvalue weighted by molar-refractivity contribution is 0.0830. The minimum atomic E-state index is 0.0755. The van der Waals surface area contributed by atoms with Gasteiger partial charge in [0.15, 0.2) is 0 Å². The Morgan fingerprint density at radius 2 is 1.78 bits per heavy atom. The lowest BCUT2D eigenvalue weighted by Gasteiger charge is -2.39. The summed E-state index contributed by atoms with van der Waals surface area (Å²) in [7, 11) is 0. The van der Waals surface area contributed by atoms with Crippen LogP contribution in [0.25, 0.3) is 0 Å². The molecule has 1 aromatic carbocycles. The second-order valence-corrected chi connectivity index (χ2v) is 10.1. The van der Waals surface area contributed by atoms with E-state index in [2.05, 4.69) is 60.6 Å². The average Bonchev–Trinajstić information content (AvgIpc) is 3.21. The normalized spacial score (nSPS) is 25.5. The largest absolute Gasteiger partial charge is 0.349 e. The highest BCUT2D eigenvalue weighted by Gasteiger charge is 2.41. The Balaban J connectivity index is 1.36. The van der Waals surface area contributed by atoms with Gasteiger partial charge in [0.2, 0.25) is 0 Å². The fourth-order valence-electron chi connectivity index (χ4n) is 4.62. The first-order valence-electron chi connectivity index (χ1n) is 10.1. The molecule has 0 aliphatic carbocycles. The number of piperidine rings is 1. The number of amides is 1. The van der Waals surface area contributed by atoms with Crippen LogP contribution in [0, 0.1) is 0 Å². The van der Waals surface area contributed by atoms with Gasteiger partial charge in [0.05, 0.1) is 0 Å². The zero-order valence-electron chi connectivity index (χ0n) is 16.6. The predicted octanol–water partition coefficient (Wildman–Crippen LogP) is 4.97. The topological polar surface area (TPSA) is 32.3 Å². The predicted molar refractivity (Wildman–Crippen MR) is 112 cm³/mol. The van der Waals surface area contributed by atoms with Gasteiger partial charge in [0.25, 0.3) is 5.91 Å². The molecule has 0 radical (unpaired) electrons. The zero-order chi connectivity index (χ0) is 19.0. The molecular formula is C23H30N2OS. The molecule has 4 rings (SSSR count). The molecule has 0 spiro atoms. The molecule has 144 valence electrons. The van der Waals surface area contributed by atoms with Crippen LogP contribution >= 0.6 is 11.3 Å². The van der Waals surface area contributed by atoms with Crippen molar-refractivity contribution in [2.24, 2.45) is 0 Å². The molecule has 2 aliphatic heterocycles. The van der Waals surface area contributed by atoms with Crippen LogP contribution in [0.4, 0.5) is 0 Å². The quantitative estimate of drug-likeness (QED) is 0.809. The molecule has 1 N–H and O–H groups in total. The van der Waals surface area contributed by atoms with E-state index in [0.29, 0.717) is 18.1 Å². The van der Waals surface area contributed by atoms with Gasteiger partial charge in [0, 0.05) is 35.1 Å². The van der Waals surface area contributed by atoms with Gasteiger partial charge in [-0.05, 0) is 60.2 Å². The number of thiophene rings is 1. The number of hydrogen-bond donors (Lipinski definition) is 1.